The molecule has 110 valence electrons. The second kappa shape index (κ2) is 6.35. The summed E-state index contributed by atoms with van der Waals surface area (Å²) in [6.45, 7) is 1.04. The summed E-state index contributed by atoms with van der Waals surface area (Å²) in [4.78, 5) is 25.5. The first-order valence-electron chi connectivity index (χ1n) is 6.48. The smallest absolute Gasteiger partial charge is 0.229 e. The molecule has 1 aliphatic rings. The molecule has 9 heteroatoms. The molecule has 7 nitrogen and oxygen atoms in total. The zero-order chi connectivity index (χ0) is 14.7. The van der Waals surface area contributed by atoms with E-state index in [1.807, 2.05) is 17.5 Å². The number of likely N-dealkylation sites (tertiary alicyclic amines) is 1. The van der Waals surface area contributed by atoms with E-state index in [1.54, 1.807) is 16.0 Å². The molecule has 2 aromatic rings. The van der Waals surface area contributed by atoms with Crippen molar-refractivity contribution in [1.82, 2.24) is 25.1 Å². The van der Waals surface area contributed by atoms with E-state index < -0.39 is 0 Å². The fourth-order valence-corrected chi connectivity index (χ4v) is 3.54. The molecular weight excluding hydrogens is 310 g/mol. The predicted octanol–water partition coefficient (Wildman–Crippen LogP) is 1.02. The van der Waals surface area contributed by atoms with Crippen molar-refractivity contribution in [1.29, 1.82) is 0 Å². The molecule has 0 spiro atoms. The second-order valence-corrected chi connectivity index (χ2v) is 6.58. The summed E-state index contributed by atoms with van der Waals surface area (Å²) in [5, 5.41) is 14.3. The Morgan fingerprint density at radius 3 is 2.81 bits per heavy atom. The van der Waals surface area contributed by atoms with Crippen LogP contribution in [0.1, 0.15) is 17.7 Å². The minimum atomic E-state index is -0.0845. The van der Waals surface area contributed by atoms with Crippen molar-refractivity contribution in [3.63, 3.8) is 0 Å². The summed E-state index contributed by atoms with van der Waals surface area (Å²) < 4.78 is 1.73. The lowest BCUT2D eigenvalue weighted by Crippen LogP contribution is -2.31. The maximum absolute atomic E-state index is 11.5. The third-order valence-electron chi connectivity index (χ3n) is 3.09. The van der Waals surface area contributed by atoms with Crippen LogP contribution >= 0.6 is 23.1 Å². The van der Waals surface area contributed by atoms with Gasteiger partial charge in [-0.3, -0.25) is 14.5 Å². The lowest BCUT2D eigenvalue weighted by atomic mass is 10.4. The minimum Gasteiger partial charge on any atom is -0.282 e. The number of amides is 2. The van der Waals surface area contributed by atoms with E-state index in [9.17, 15) is 9.59 Å². The first kappa shape index (κ1) is 14.2. The number of aromatic nitrogens is 4. The highest BCUT2D eigenvalue weighted by atomic mass is 32.2. The maximum atomic E-state index is 11.5. The lowest BCUT2D eigenvalue weighted by molar-refractivity contribution is -0.137. The average molecular weight is 323 g/mol. The Balaban J connectivity index is 1.55. The second-order valence-electron chi connectivity index (χ2n) is 4.49. The number of thiophene rings is 1. The third-order valence-corrected chi connectivity index (χ3v) is 4.88. The fraction of sp³-hybridized carbons (Fsp3) is 0.417. The molecule has 0 aliphatic carbocycles. The Labute approximate surface area is 129 Å². The highest BCUT2D eigenvalue weighted by molar-refractivity contribution is 7.99. The van der Waals surface area contributed by atoms with Crippen LogP contribution in [0.2, 0.25) is 0 Å². The number of tetrazole rings is 1. The van der Waals surface area contributed by atoms with Crippen molar-refractivity contribution in [2.75, 3.05) is 12.3 Å². The summed E-state index contributed by atoms with van der Waals surface area (Å²) in [5.41, 5.74) is 0. The van der Waals surface area contributed by atoms with Crippen molar-refractivity contribution in [3.05, 3.63) is 22.4 Å². The molecule has 0 unspecified atom stereocenters. The standard InChI is InChI=1S/C12H13N5O2S2/c18-10-3-4-11(19)16(10)5-7-21-12-13-14-15-17(12)8-9-2-1-6-20-9/h1-2,6H,3-5,7-8H2. The van der Waals surface area contributed by atoms with Gasteiger partial charge < -0.3 is 0 Å². The SMILES string of the molecule is O=C1CCC(=O)N1CCSc1nnnn1Cc1cccs1. The van der Waals surface area contributed by atoms with E-state index in [-0.39, 0.29) is 11.8 Å². The number of imide groups is 1. The zero-order valence-electron chi connectivity index (χ0n) is 11.1. The van der Waals surface area contributed by atoms with Crippen molar-refractivity contribution in [2.24, 2.45) is 0 Å². The van der Waals surface area contributed by atoms with Crippen LogP contribution in [0.4, 0.5) is 0 Å². The van der Waals surface area contributed by atoms with Gasteiger partial charge in [-0.15, -0.1) is 16.4 Å². The van der Waals surface area contributed by atoms with Crippen LogP contribution in [-0.2, 0) is 16.1 Å². The van der Waals surface area contributed by atoms with Gasteiger partial charge in [0.25, 0.3) is 0 Å². The van der Waals surface area contributed by atoms with Crippen molar-refractivity contribution < 1.29 is 9.59 Å². The monoisotopic (exact) mass is 323 g/mol. The van der Waals surface area contributed by atoms with Gasteiger partial charge in [-0.2, -0.15) is 0 Å². The average Bonchev–Trinajstić information content (AvgIpc) is 3.18. The molecule has 0 bridgehead atoms. The summed E-state index contributed by atoms with van der Waals surface area (Å²) in [7, 11) is 0. The zero-order valence-corrected chi connectivity index (χ0v) is 12.8. The maximum Gasteiger partial charge on any atom is 0.229 e. The third kappa shape index (κ3) is 3.30. The van der Waals surface area contributed by atoms with Crippen LogP contribution in [0.3, 0.4) is 0 Å². The molecule has 0 aromatic carbocycles. The van der Waals surface area contributed by atoms with Gasteiger partial charge in [0.05, 0.1) is 6.54 Å². The molecule has 1 aliphatic heterocycles. The Bertz CT molecular complexity index is 624. The van der Waals surface area contributed by atoms with Gasteiger partial charge in [-0.05, 0) is 21.9 Å². The van der Waals surface area contributed by atoms with Crippen LogP contribution in [0.5, 0.6) is 0 Å². The van der Waals surface area contributed by atoms with Crippen LogP contribution in [0.15, 0.2) is 22.7 Å². The molecule has 0 atom stereocenters. The number of carbonyl (C=O) groups excluding carboxylic acids is 2. The van der Waals surface area contributed by atoms with Crippen LogP contribution in [-0.4, -0.2) is 49.2 Å². The number of rotatable bonds is 6. The summed E-state index contributed by atoms with van der Waals surface area (Å²) in [6, 6.07) is 4.02. The van der Waals surface area contributed by atoms with Crippen molar-refractivity contribution >= 4 is 34.9 Å². The van der Waals surface area contributed by atoms with E-state index in [4.69, 9.17) is 0 Å². The quantitative estimate of drug-likeness (QED) is 0.583. The number of hydrogen-bond donors (Lipinski definition) is 0. The minimum absolute atomic E-state index is 0.0845. The number of carbonyl (C=O) groups is 2. The van der Waals surface area contributed by atoms with Gasteiger partial charge in [0, 0.05) is 30.0 Å². The summed E-state index contributed by atoms with van der Waals surface area (Å²) in [6.07, 6.45) is 0.666. The van der Waals surface area contributed by atoms with Crippen LogP contribution < -0.4 is 0 Å². The van der Waals surface area contributed by atoms with Gasteiger partial charge in [0.15, 0.2) is 0 Å². The Kier molecular flexibility index (Phi) is 4.30. The van der Waals surface area contributed by atoms with Gasteiger partial charge in [-0.25, -0.2) is 4.68 Å². The number of nitrogens with zero attached hydrogens (tertiary/aromatic N) is 5. The first-order valence-corrected chi connectivity index (χ1v) is 8.35. The van der Waals surface area contributed by atoms with E-state index in [0.29, 0.717) is 36.8 Å². The fourth-order valence-electron chi connectivity index (χ4n) is 2.05. The van der Waals surface area contributed by atoms with Gasteiger partial charge >= 0.3 is 0 Å². The van der Waals surface area contributed by atoms with E-state index in [0.717, 1.165) is 0 Å². The highest BCUT2D eigenvalue weighted by Crippen LogP contribution is 2.19. The molecule has 0 radical (unpaired) electrons. The number of thioether (sulfide) groups is 1. The van der Waals surface area contributed by atoms with Crippen LogP contribution in [0.25, 0.3) is 0 Å². The first-order chi connectivity index (χ1) is 10.2. The molecule has 2 aromatic heterocycles. The Morgan fingerprint density at radius 2 is 2.10 bits per heavy atom. The topological polar surface area (TPSA) is 81.0 Å². The Hall–Kier alpha value is -1.74. The van der Waals surface area contributed by atoms with Gasteiger partial charge in [-0.1, -0.05) is 17.8 Å². The lowest BCUT2D eigenvalue weighted by Gasteiger charge is -2.12. The van der Waals surface area contributed by atoms with E-state index >= 15 is 0 Å². The number of hydrogen-bond acceptors (Lipinski definition) is 7. The summed E-state index contributed by atoms with van der Waals surface area (Å²) >= 11 is 3.10. The Morgan fingerprint density at radius 1 is 1.29 bits per heavy atom. The van der Waals surface area contributed by atoms with E-state index in [1.165, 1.54) is 21.5 Å². The molecular formula is C12H13N5O2S2. The molecule has 1 fully saturated rings. The van der Waals surface area contributed by atoms with Gasteiger partial charge in [0.1, 0.15) is 0 Å². The van der Waals surface area contributed by atoms with Crippen molar-refractivity contribution in [3.8, 4) is 0 Å². The molecule has 1 saturated heterocycles. The van der Waals surface area contributed by atoms with Crippen LogP contribution in [0, 0.1) is 0 Å². The van der Waals surface area contributed by atoms with Gasteiger partial charge in [0.2, 0.25) is 17.0 Å². The van der Waals surface area contributed by atoms with Crippen molar-refractivity contribution in [2.45, 2.75) is 24.5 Å². The predicted molar refractivity (Wildman–Crippen MR) is 77.9 cm³/mol. The molecule has 3 rings (SSSR count). The molecule has 3 heterocycles. The summed E-state index contributed by atoms with van der Waals surface area (Å²) in [5.74, 6) is 0.431. The molecule has 2 amide bonds. The normalized spacial score (nSPS) is 15.1. The molecule has 0 saturated carbocycles. The molecule has 0 N–H and O–H groups in total. The largest absolute Gasteiger partial charge is 0.282 e. The highest BCUT2D eigenvalue weighted by Gasteiger charge is 2.28. The molecule has 21 heavy (non-hydrogen) atoms. The van der Waals surface area contributed by atoms with E-state index in [2.05, 4.69) is 15.5 Å².